The van der Waals surface area contributed by atoms with Crippen molar-refractivity contribution in [3.63, 3.8) is 0 Å². The van der Waals surface area contributed by atoms with E-state index in [0.29, 0.717) is 0 Å². The van der Waals surface area contributed by atoms with E-state index >= 15 is 0 Å². The fraction of sp³-hybridized carbons (Fsp3) is 0.0120. The van der Waals surface area contributed by atoms with E-state index in [2.05, 4.69) is 313 Å². The molecule has 14 aromatic carbocycles. The van der Waals surface area contributed by atoms with Gasteiger partial charge in [-0.15, -0.1) is 11.3 Å². The number of nitrogens with zero attached hydrogens (tertiary/aromatic N) is 2. The molecule has 17 aromatic rings. The van der Waals surface area contributed by atoms with Crippen LogP contribution >= 0.6 is 11.3 Å². The Hall–Kier alpha value is -11.4. The molecule has 1 spiro atoms. The Bertz CT molecular complexity index is 5710. The second kappa shape index (κ2) is 19.3. The molecule has 1 aliphatic carbocycles. The second-order valence-corrected chi connectivity index (χ2v) is 24.5. The molecule has 6 heteroatoms. The lowest BCUT2D eigenvalue weighted by Gasteiger charge is -2.40. The van der Waals surface area contributed by atoms with Gasteiger partial charge in [-0.2, -0.15) is 0 Å². The van der Waals surface area contributed by atoms with E-state index in [9.17, 15) is 0 Å². The first kappa shape index (κ1) is 49.8. The number of furan rings is 2. The summed E-state index contributed by atoms with van der Waals surface area (Å²) in [5, 5.41) is 9.11. The molecule has 0 amide bonds. The SMILES string of the molecule is c1ccc(-c2cc(N(c3ccc4sc5ccccc5c4c3)c3cccc4c3-c3ccc(N(c5ccccc5)c5cc(-c6ccc7ccccc7c6)c6oc7ccccc7c6c5)cc3C43c4ccccc4Oc4ccccc43)cc3oc4ccccc4c23)cc1. The molecule has 3 aromatic heterocycles. The third kappa shape index (κ3) is 7.42. The average molecular weight is 1160 g/mol. The van der Waals surface area contributed by atoms with Crippen molar-refractivity contribution in [1.29, 1.82) is 0 Å². The molecule has 0 fully saturated rings. The van der Waals surface area contributed by atoms with Gasteiger partial charge >= 0.3 is 0 Å². The third-order valence-corrected chi connectivity index (χ3v) is 19.8. The van der Waals surface area contributed by atoms with E-state index in [4.69, 9.17) is 13.6 Å². The maximum absolute atomic E-state index is 7.03. The number of para-hydroxylation sites is 5. The van der Waals surface area contributed by atoms with Gasteiger partial charge in [-0.25, -0.2) is 0 Å². The van der Waals surface area contributed by atoms with Gasteiger partial charge in [-0.3, -0.25) is 0 Å². The Morgan fingerprint density at radius 3 is 1.74 bits per heavy atom. The zero-order valence-corrected chi connectivity index (χ0v) is 48.7. The highest BCUT2D eigenvalue weighted by Gasteiger charge is 2.52. The van der Waals surface area contributed by atoms with Crippen LogP contribution in [-0.4, -0.2) is 0 Å². The number of hydrogen-bond donors (Lipinski definition) is 0. The van der Waals surface area contributed by atoms with Crippen LogP contribution in [0, 0.1) is 0 Å². The largest absolute Gasteiger partial charge is 0.457 e. The van der Waals surface area contributed by atoms with Gasteiger partial charge in [0.1, 0.15) is 33.8 Å². The molecule has 1 aliphatic heterocycles. The van der Waals surface area contributed by atoms with Crippen molar-refractivity contribution < 1.29 is 13.6 Å². The van der Waals surface area contributed by atoms with E-state index in [0.717, 1.165) is 140 Å². The monoisotopic (exact) mass is 1150 g/mol. The second-order valence-electron chi connectivity index (χ2n) is 23.4. The first-order chi connectivity index (χ1) is 44.1. The minimum absolute atomic E-state index is 0.822. The van der Waals surface area contributed by atoms with Crippen molar-refractivity contribution in [3.8, 4) is 44.9 Å². The Morgan fingerprint density at radius 1 is 0.303 bits per heavy atom. The molecule has 0 saturated heterocycles. The molecule has 5 nitrogen and oxygen atoms in total. The minimum Gasteiger partial charge on any atom is -0.457 e. The molecule has 4 heterocycles. The van der Waals surface area contributed by atoms with Gasteiger partial charge in [0.05, 0.1) is 16.8 Å². The Balaban J connectivity index is 0.905. The Morgan fingerprint density at radius 2 is 0.921 bits per heavy atom. The van der Waals surface area contributed by atoms with Crippen molar-refractivity contribution in [2.24, 2.45) is 0 Å². The molecule has 2 aliphatic rings. The molecule has 416 valence electrons. The molecular weight excluding hydrogens is 1100 g/mol. The fourth-order valence-electron chi connectivity index (χ4n) is 14.9. The number of hydrogen-bond acceptors (Lipinski definition) is 6. The normalized spacial score (nSPS) is 12.9. The van der Waals surface area contributed by atoms with Crippen LogP contribution in [0.2, 0.25) is 0 Å². The number of benzene rings is 14. The third-order valence-electron chi connectivity index (χ3n) is 18.6. The van der Waals surface area contributed by atoms with Crippen LogP contribution in [0.15, 0.2) is 312 Å². The van der Waals surface area contributed by atoms with E-state index in [1.54, 1.807) is 0 Å². The van der Waals surface area contributed by atoms with Crippen LogP contribution in [0.25, 0.3) is 108 Å². The van der Waals surface area contributed by atoms with Crippen molar-refractivity contribution in [2.45, 2.75) is 5.41 Å². The summed E-state index contributed by atoms with van der Waals surface area (Å²) in [5.41, 5.74) is 19.7. The maximum atomic E-state index is 7.03. The summed E-state index contributed by atoms with van der Waals surface area (Å²) in [4.78, 5) is 4.92. The minimum atomic E-state index is -0.845. The number of thiophene rings is 1. The van der Waals surface area contributed by atoms with Crippen molar-refractivity contribution in [1.82, 2.24) is 0 Å². The summed E-state index contributed by atoms with van der Waals surface area (Å²) in [5.74, 6) is 1.65. The van der Waals surface area contributed by atoms with Crippen LogP contribution in [0.4, 0.5) is 34.1 Å². The smallest absolute Gasteiger partial charge is 0.143 e. The number of ether oxygens (including phenoxy) is 1. The van der Waals surface area contributed by atoms with Gasteiger partial charge < -0.3 is 23.4 Å². The first-order valence-electron chi connectivity index (χ1n) is 30.3. The van der Waals surface area contributed by atoms with Crippen LogP contribution in [-0.2, 0) is 5.41 Å². The van der Waals surface area contributed by atoms with Gasteiger partial charge in [0, 0.05) is 92.8 Å². The lowest BCUT2D eigenvalue weighted by Crippen LogP contribution is -2.32. The quantitative estimate of drug-likeness (QED) is 0.152. The molecular formula is C83H50N2O3S. The van der Waals surface area contributed by atoms with Crippen LogP contribution in [0.5, 0.6) is 11.5 Å². The average Bonchev–Trinajstić information content (AvgIpc) is 1.56. The van der Waals surface area contributed by atoms with Crippen LogP contribution < -0.4 is 14.5 Å². The zero-order valence-electron chi connectivity index (χ0n) is 47.9. The highest BCUT2D eigenvalue weighted by molar-refractivity contribution is 7.25. The van der Waals surface area contributed by atoms with E-state index in [1.807, 2.05) is 11.3 Å². The maximum Gasteiger partial charge on any atom is 0.143 e. The summed E-state index contributed by atoms with van der Waals surface area (Å²) in [6, 6.07) is 110. The highest BCUT2D eigenvalue weighted by atomic mass is 32.1. The predicted molar refractivity (Wildman–Crippen MR) is 369 cm³/mol. The number of anilines is 6. The standard InChI is InChI=1S/C83H50N2O3S/c1-3-21-52(22-4-1)64-46-59(50-77-80(64)63-28-10-15-34-74(63)86-77)85(56-41-43-79-66(45-56)61-27-11-18-37-78(61)89-79)72-32-19-31-70-81(72)62-42-40-57(49-71(62)83(70)68-29-12-16-35-75(68)87-76-36-17-13-30-69(76)83)84(55-24-5-2-6-25-55)58-47-65(54-39-38-51-20-7-8-23-53(51)44-54)82-67(48-58)60-26-9-14-33-73(60)88-82/h1-50H. The van der Waals surface area contributed by atoms with Crippen molar-refractivity contribution >= 4 is 120 Å². The van der Waals surface area contributed by atoms with Crippen molar-refractivity contribution in [3.05, 3.63) is 326 Å². The molecule has 0 atom stereocenters. The van der Waals surface area contributed by atoms with Crippen LogP contribution in [0.1, 0.15) is 22.3 Å². The van der Waals surface area contributed by atoms with Gasteiger partial charge in [0.25, 0.3) is 0 Å². The molecule has 0 radical (unpaired) electrons. The summed E-state index contributed by atoms with van der Waals surface area (Å²) in [7, 11) is 0. The topological polar surface area (TPSA) is 42.0 Å². The number of fused-ring (bicyclic) bond motifs is 19. The molecule has 0 unspecified atom stereocenters. The number of rotatable bonds is 8. The molecule has 0 N–H and O–H groups in total. The summed E-state index contributed by atoms with van der Waals surface area (Å²) in [6.45, 7) is 0. The van der Waals surface area contributed by atoms with Gasteiger partial charge in [0.15, 0.2) is 0 Å². The predicted octanol–water partition coefficient (Wildman–Crippen LogP) is 23.7. The van der Waals surface area contributed by atoms with Gasteiger partial charge in [-0.05, 0) is 147 Å². The summed E-state index contributed by atoms with van der Waals surface area (Å²) in [6.07, 6.45) is 0. The lowest BCUT2D eigenvalue weighted by atomic mass is 9.66. The molecule has 0 bridgehead atoms. The van der Waals surface area contributed by atoms with E-state index in [-0.39, 0.29) is 0 Å². The van der Waals surface area contributed by atoms with E-state index in [1.165, 1.54) is 36.5 Å². The molecule has 19 rings (SSSR count). The van der Waals surface area contributed by atoms with Gasteiger partial charge in [-0.1, -0.05) is 194 Å². The van der Waals surface area contributed by atoms with Gasteiger partial charge in [0.2, 0.25) is 0 Å². The molecule has 0 saturated carbocycles. The fourth-order valence-corrected chi connectivity index (χ4v) is 16.0. The zero-order chi connectivity index (χ0) is 58.3. The lowest BCUT2D eigenvalue weighted by molar-refractivity contribution is 0.436. The summed E-state index contributed by atoms with van der Waals surface area (Å²) >= 11 is 1.84. The Labute approximate surface area is 516 Å². The van der Waals surface area contributed by atoms with E-state index < -0.39 is 5.41 Å². The highest BCUT2D eigenvalue weighted by Crippen LogP contribution is 2.65. The Kier molecular flexibility index (Phi) is 10.8. The van der Waals surface area contributed by atoms with Crippen LogP contribution in [0.3, 0.4) is 0 Å². The molecule has 89 heavy (non-hydrogen) atoms. The van der Waals surface area contributed by atoms with Crippen molar-refractivity contribution in [2.75, 3.05) is 9.80 Å². The first-order valence-corrected chi connectivity index (χ1v) is 31.1. The summed E-state index contributed by atoms with van der Waals surface area (Å²) < 4.78 is 23.4.